The number of benzene rings is 2. The van der Waals surface area contributed by atoms with Crippen molar-refractivity contribution in [1.82, 2.24) is 5.32 Å². The molecule has 0 saturated carbocycles. The quantitative estimate of drug-likeness (QED) is 0.875. The minimum absolute atomic E-state index is 0.0951. The Balaban J connectivity index is 1.56. The second-order valence-corrected chi connectivity index (χ2v) is 5.74. The number of carbonyl (C=O) groups is 1. The number of amides is 2. The molecule has 0 fully saturated rings. The van der Waals surface area contributed by atoms with E-state index in [2.05, 4.69) is 10.6 Å². The number of rotatable bonds is 5. The van der Waals surface area contributed by atoms with Crippen LogP contribution in [0.2, 0.25) is 0 Å². The Labute approximate surface area is 147 Å². The number of urea groups is 1. The summed E-state index contributed by atoms with van der Waals surface area (Å²) >= 11 is 0. The van der Waals surface area contributed by atoms with Gasteiger partial charge in [-0.3, -0.25) is 0 Å². The lowest BCUT2D eigenvalue weighted by Gasteiger charge is -2.26. The van der Waals surface area contributed by atoms with Gasteiger partial charge in [0.2, 0.25) is 0 Å². The Morgan fingerprint density at radius 2 is 1.96 bits per heavy atom. The van der Waals surface area contributed by atoms with Crippen molar-refractivity contribution in [3.63, 3.8) is 0 Å². The molecule has 0 aromatic heterocycles. The lowest BCUT2D eigenvalue weighted by atomic mass is 10.0. The summed E-state index contributed by atoms with van der Waals surface area (Å²) in [5, 5.41) is 5.76. The maximum Gasteiger partial charge on any atom is 0.319 e. The highest BCUT2D eigenvalue weighted by Gasteiger charge is 2.22. The maximum absolute atomic E-state index is 12.2. The van der Waals surface area contributed by atoms with Crippen LogP contribution in [0.3, 0.4) is 0 Å². The van der Waals surface area contributed by atoms with Gasteiger partial charge in [0.1, 0.15) is 23.9 Å². The van der Waals surface area contributed by atoms with Gasteiger partial charge in [0.15, 0.2) is 0 Å². The number of carbonyl (C=O) groups excluding carboxylic acids is 1. The number of hydrogen-bond donors (Lipinski definition) is 2. The van der Waals surface area contributed by atoms with Crippen molar-refractivity contribution in [2.24, 2.45) is 0 Å². The minimum atomic E-state index is -0.260. The molecule has 0 radical (unpaired) electrons. The van der Waals surface area contributed by atoms with E-state index >= 15 is 0 Å². The molecule has 0 bridgehead atoms. The largest absolute Gasteiger partial charge is 0.497 e. The average Bonchev–Trinajstić information content (AvgIpc) is 2.63. The molecule has 0 unspecified atom stereocenters. The second-order valence-electron chi connectivity index (χ2n) is 5.74. The fourth-order valence-corrected chi connectivity index (χ4v) is 2.74. The third kappa shape index (κ3) is 4.35. The van der Waals surface area contributed by atoms with Crippen LogP contribution in [-0.2, 0) is 6.42 Å². The highest BCUT2D eigenvalue weighted by atomic mass is 16.5. The SMILES string of the molecule is CCOc1ccc(NC(=O)N[C@H]2COc3ccc(OC)cc3C2)cc1. The van der Waals surface area contributed by atoms with E-state index in [-0.39, 0.29) is 12.1 Å². The van der Waals surface area contributed by atoms with Crippen molar-refractivity contribution in [1.29, 1.82) is 0 Å². The van der Waals surface area contributed by atoms with Gasteiger partial charge < -0.3 is 24.8 Å². The van der Waals surface area contributed by atoms with Gasteiger partial charge in [-0.05, 0) is 61.4 Å². The van der Waals surface area contributed by atoms with Gasteiger partial charge in [-0.15, -0.1) is 0 Å². The van der Waals surface area contributed by atoms with Gasteiger partial charge in [0.05, 0.1) is 19.8 Å². The van der Waals surface area contributed by atoms with E-state index in [4.69, 9.17) is 14.2 Å². The summed E-state index contributed by atoms with van der Waals surface area (Å²) in [5.41, 5.74) is 1.73. The number of methoxy groups -OCH3 is 1. The Bertz CT molecular complexity index is 731. The molecule has 1 aliphatic rings. The van der Waals surface area contributed by atoms with Crippen LogP contribution < -0.4 is 24.8 Å². The monoisotopic (exact) mass is 342 g/mol. The van der Waals surface area contributed by atoms with Gasteiger partial charge >= 0.3 is 6.03 Å². The molecule has 1 heterocycles. The molecule has 1 atom stereocenters. The van der Waals surface area contributed by atoms with Crippen molar-refractivity contribution >= 4 is 11.7 Å². The van der Waals surface area contributed by atoms with Gasteiger partial charge in [-0.25, -0.2) is 4.79 Å². The number of fused-ring (bicyclic) bond motifs is 1. The number of ether oxygens (including phenoxy) is 3. The highest BCUT2D eigenvalue weighted by molar-refractivity contribution is 5.89. The molecular weight excluding hydrogens is 320 g/mol. The molecule has 6 heteroatoms. The summed E-state index contributed by atoms with van der Waals surface area (Å²) in [6, 6.07) is 12.6. The molecule has 0 spiro atoms. The predicted molar refractivity (Wildman–Crippen MR) is 95.7 cm³/mol. The Hall–Kier alpha value is -2.89. The van der Waals surface area contributed by atoms with Crippen molar-refractivity contribution in [3.8, 4) is 17.2 Å². The first-order valence-corrected chi connectivity index (χ1v) is 8.28. The number of nitrogens with one attached hydrogen (secondary N) is 2. The summed E-state index contributed by atoms with van der Waals surface area (Å²) < 4.78 is 16.3. The minimum Gasteiger partial charge on any atom is -0.497 e. The number of hydrogen-bond acceptors (Lipinski definition) is 4. The van der Waals surface area contributed by atoms with E-state index in [1.165, 1.54) is 0 Å². The van der Waals surface area contributed by atoms with Crippen LogP contribution in [0.1, 0.15) is 12.5 Å². The predicted octanol–water partition coefficient (Wildman–Crippen LogP) is 3.22. The topological polar surface area (TPSA) is 68.8 Å². The van der Waals surface area contributed by atoms with E-state index in [0.717, 1.165) is 22.8 Å². The molecule has 3 rings (SSSR count). The van der Waals surface area contributed by atoms with Crippen LogP contribution >= 0.6 is 0 Å². The van der Waals surface area contributed by atoms with E-state index in [1.807, 2.05) is 49.4 Å². The van der Waals surface area contributed by atoms with E-state index in [9.17, 15) is 4.79 Å². The zero-order valence-corrected chi connectivity index (χ0v) is 14.4. The van der Waals surface area contributed by atoms with Gasteiger partial charge in [-0.2, -0.15) is 0 Å². The fraction of sp³-hybridized carbons (Fsp3) is 0.316. The van der Waals surface area contributed by atoms with Gasteiger partial charge in [-0.1, -0.05) is 0 Å². The second kappa shape index (κ2) is 7.79. The first-order chi connectivity index (χ1) is 12.2. The summed E-state index contributed by atoms with van der Waals surface area (Å²) in [4.78, 5) is 12.2. The average molecular weight is 342 g/mol. The first-order valence-electron chi connectivity index (χ1n) is 8.28. The van der Waals surface area contributed by atoms with Crippen molar-refractivity contribution in [2.75, 3.05) is 25.6 Å². The van der Waals surface area contributed by atoms with Crippen LogP contribution in [0.5, 0.6) is 17.2 Å². The van der Waals surface area contributed by atoms with Crippen molar-refractivity contribution in [3.05, 3.63) is 48.0 Å². The highest BCUT2D eigenvalue weighted by Crippen LogP contribution is 2.28. The first kappa shape index (κ1) is 17.0. The van der Waals surface area contributed by atoms with Gasteiger partial charge in [0.25, 0.3) is 0 Å². The van der Waals surface area contributed by atoms with E-state index < -0.39 is 0 Å². The van der Waals surface area contributed by atoms with Crippen LogP contribution in [0, 0.1) is 0 Å². The summed E-state index contributed by atoms with van der Waals surface area (Å²) in [7, 11) is 1.63. The maximum atomic E-state index is 12.2. The van der Waals surface area contributed by atoms with Crippen LogP contribution in [0.4, 0.5) is 10.5 Å². The fourth-order valence-electron chi connectivity index (χ4n) is 2.74. The van der Waals surface area contributed by atoms with Gasteiger partial charge in [0, 0.05) is 5.69 Å². The zero-order valence-electron chi connectivity index (χ0n) is 14.4. The molecule has 2 amide bonds. The molecule has 2 aromatic rings. The van der Waals surface area contributed by atoms with Crippen LogP contribution in [0.25, 0.3) is 0 Å². The van der Waals surface area contributed by atoms with E-state index in [0.29, 0.717) is 25.3 Å². The van der Waals surface area contributed by atoms with Crippen molar-refractivity contribution < 1.29 is 19.0 Å². The molecule has 2 aromatic carbocycles. The lowest BCUT2D eigenvalue weighted by Crippen LogP contribution is -2.44. The molecule has 0 aliphatic carbocycles. The molecule has 1 aliphatic heterocycles. The molecular formula is C19H22N2O4. The Kier molecular flexibility index (Phi) is 5.28. The van der Waals surface area contributed by atoms with Crippen LogP contribution in [0.15, 0.2) is 42.5 Å². The van der Waals surface area contributed by atoms with Crippen LogP contribution in [-0.4, -0.2) is 32.4 Å². The van der Waals surface area contributed by atoms with Crippen molar-refractivity contribution in [2.45, 2.75) is 19.4 Å². The molecule has 132 valence electrons. The Morgan fingerprint density at radius 1 is 1.20 bits per heavy atom. The molecule has 6 nitrogen and oxygen atoms in total. The molecule has 25 heavy (non-hydrogen) atoms. The third-order valence-electron chi connectivity index (χ3n) is 3.93. The third-order valence-corrected chi connectivity index (χ3v) is 3.93. The lowest BCUT2D eigenvalue weighted by molar-refractivity contribution is 0.222. The normalized spacial score (nSPS) is 15.5. The summed E-state index contributed by atoms with van der Waals surface area (Å²) in [6.45, 7) is 2.98. The number of anilines is 1. The standard InChI is InChI=1S/C19H22N2O4/c1-3-24-16-6-4-14(5-7-16)20-19(22)21-15-10-13-11-17(23-2)8-9-18(13)25-12-15/h4-9,11,15H,3,10,12H2,1-2H3,(H2,20,21,22)/t15-/m1/s1. The summed E-state index contributed by atoms with van der Waals surface area (Å²) in [6.07, 6.45) is 0.698. The zero-order chi connectivity index (χ0) is 17.6. The smallest absolute Gasteiger partial charge is 0.319 e. The summed E-state index contributed by atoms with van der Waals surface area (Å²) in [5.74, 6) is 2.40. The Morgan fingerprint density at radius 3 is 2.68 bits per heavy atom. The van der Waals surface area contributed by atoms with E-state index in [1.54, 1.807) is 7.11 Å². The molecule has 2 N–H and O–H groups in total. The molecule has 0 saturated heterocycles.